The van der Waals surface area contributed by atoms with Gasteiger partial charge in [-0.3, -0.25) is 0 Å². The van der Waals surface area contributed by atoms with E-state index in [1.807, 2.05) is 36.4 Å². The molecule has 0 amide bonds. The van der Waals surface area contributed by atoms with E-state index in [2.05, 4.69) is 79.3 Å². The van der Waals surface area contributed by atoms with E-state index in [1.165, 1.54) is 16.6 Å². The maximum atomic E-state index is 7.21. The third-order valence-electron chi connectivity index (χ3n) is 6.12. The molecular weight excluding hydrogens is 495 g/mol. The van der Waals surface area contributed by atoms with E-state index in [0.717, 1.165) is 10.9 Å². The predicted molar refractivity (Wildman–Crippen MR) is 145 cm³/mol. The standard InChI is InChI=1S/C27H24Cl2N4OSi/c1-27(2,3)35(19-12-6-4-7-13-19,20-14-8-5-9-15-20)34-25-21-16-10-11-17-23(21)33(32-25)24-22(28)18-30-26(29)31-24/h4-18H,1-3H3. The average Bonchev–Trinajstić information content (AvgIpc) is 3.22. The summed E-state index contributed by atoms with van der Waals surface area (Å²) in [5, 5.41) is 8.34. The number of fused-ring (bicyclic) bond motifs is 1. The molecule has 5 rings (SSSR count). The monoisotopic (exact) mass is 518 g/mol. The smallest absolute Gasteiger partial charge is 0.322 e. The third kappa shape index (κ3) is 4.12. The summed E-state index contributed by atoms with van der Waals surface area (Å²) < 4.78 is 8.89. The van der Waals surface area contributed by atoms with Gasteiger partial charge < -0.3 is 4.43 Å². The average molecular weight is 520 g/mol. The summed E-state index contributed by atoms with van der Waals surface area (Å²) >= 11 is 12.6. The minimum Gasteiger partial charge on any atom is -0.520 e. The Hall–Kier alpha value is -3.19. The van der Waals surface area contributed by atoms with Crippen LogP contribution in [-0.4, -0.2) is 28.1 Å². The maximum absolute atomic E-state index is 7.21. The van der Waals surface area contributed by atoms with Gasteiger partial charge in [-0.05, 0) is 39.1 Å². The van der Waals surface area contributed by atoms with Gasteiger partial charge in [0.15, 0.2) is 5.82 Å². The lowest BCUT2D eigenvalue weighted by molar-refractivity contribution is 0.490. The van der Waals surface area contributed by atoms with Crippen molar-refractivity contribution in [1.82, 2.24) is 19.7 Å². The molecule has 0 aliphatic heterocycles. The number of hydrogen-bond donors (Lipinski definition) is 0. The summed E-state index contributed by atoms with van der Waals surface area (Å²) in [5.41, 5.74) is 0.817. The zero-order chi connectivity index (χ0) is 24.6. The van der Waals surface area contributed by atoms with Gasteiger partial charge in [0.1, 0.15) is 5.02 Å². The molecule has 0 N–H and O–H groups in total. The molecule has 0 unspecified atom stereocenters. The van der Waals surface area contributed by atoms with Crippen molar-refractivity contribution in [2.24, 2.45) is 0 Å². The molecule has 0 radical (unpaired) electrons. The fourth-order valence-corrected chi connectivity index (χ4v) is 9.23. The third-order valence-corrected chi connectivity index (χ3v) is 11.5. The molecule has 8 heteroatoms. The fourth-order valence-electron chi connectivity index (χ4n) is 4.55. The summed E-state index contributed by atoms with van der Waals surface area (Å²) in [6.45, 7) is 6.71. The first-order valence-corrected chi connectivity index (χ1v) is 13.9. The lowest BCUT2D eigenvalue weighted by Gasteiger charge is -2.42. The van der Waals surface area contributed by atoms with Crippen molar-refractivity contribution < 1.29 is 4.43 Å². The zero-order valence-corrected chi connectivity index (χ0v) is 22.1. The van der Waals surface area contributed by atoms with Crippen LogP contribution in [0.2, 0.25) is 15.3 Å². The lowest BCUT2D eigenvalue weighted by Crippen LogP contribution is -2.68. The van der Waals surface area contributed by atoms with E-state index < -0.39 is 8.32 Å². The van der Waals surface area contributed by atoms with Crippen molar-refractivity contribution in [2.45, 2.75) is 25.8 Å². The number of benzene rings is 3. The minimum absolute atomic E-state index is 0.0958. The highest BCUT2D eigenvalue weighted by Crippen LogP contribution is 2.39. The van der Waals surface area contributed by atoms with Gasteiger partial charge in [-0.15, -0.1) is 5.10 Å². The molecule has 35 heavy (non-hydrogen) atoms. The van der Waals surface area contributed by atoms with Crippen LogP contribution in [-0.2, 0) is 0 Å². The van der Waals surface area contributed by atoms with Crippen LogP contribution in [0.15, 0.2) is 91.1 Å². The van der Waals surface area contributed by atoms with E-state index >= 15 is 0 Å². The van der Waals surface area contributed by atoms with E-state index in [-0.39, 0.29) is 10.3 Å². The molecule has 5 aromatic rings. The molecule has 0 fully saturated rings. The SMILES string of the molecule is CC(C)(C)[Si](Oc1nn(-c2nc(Cl)ncc2Cl)c2ccccc12)(c1ccccc1)c1ccccc1. The zero-order valence-electron chi connectivity index (χ0n) is 19.6. The number of aromatic nitrogens is 4. The Morgan fingerprint density at radius 3 is 1.97 bits per heavy atom. The first-order chi connectivity index (χ1) is 16.8. The number of hydrogen-bond acceptors (Lipinski definition) is 4. The van der Waals surface area contributed by atoms with Crippen molar-refractivity contribution >= 4 is 52.8 Å². The van der Waals surface area contributed by atoms with Crippen LogP contribution in [0, 0.1) is 0 Å². The molecule has 5 nitrogen and oxygen atoms in total. The lowest BCUT2D eigenvalue weighted by atomic mass is 10.2. The van der Waals surface area contributed by atoms with Crippen molar-refractivity contribution in [1.29, 1.82) is 0 Å². The summed E-state index contributed by atoms with van der Waals surface area (Å²) in [6, 6.07) is 28.8. The first-order valence-electron chi connectivity index (χ1n) is 11.3. The van der Waals surface area contributed by atoms with E-state index in [1.54, 1.807) is 4.68 Å². The van der Waals surface area contributed by atoms with Crippen molar-refractivity contribution in [3.05, 3.63) is 101 Å². The Kier molecular flexibility index (Phi) is 6.13. The van der Waals surface area contributed by atoms with Gasteiger partial charge in [0.2, 0.25) is 11.2 Å². The van der Waals surface area contributed by atoms with Crippen LogP contribution in [0.3, 0.4) is 0 Å². The molecule has 0 saturated heterocycles. The van der Waals surface area contributed by atoms with Gasteiger partial charge in [0.05, 0.1) is 17.1 Å². The number of rotatable bonds is 5. The largest absolute Gasteiger partial charge is 0.520 e. The van der Waals surface area contributed by atoms with Crippen molar-refractivity contribution in [2.75, 3.05) is 0 Å². The molecule has 0 aliphatic rings. The normalized spacial score (nSPS) is 12.1. The van der Waals surface area contributed by atoms with Gasteiger partial charge in [0, 0.05) is 0 Å². The molecule has 2 aromatic heterocycles. The molecule has 176 valence electrons. The summed E-state index contributed by atoms with van der Waals surface area (Å²) in [7, 11) is -2.89. The number of nitrogens with zero attached hydrogens (tertiary/aromatic N) is 4. The second-order valence-corrected chi connectivity index (χ2v) is 14.3. The Balaban J connectivity index is 1.79. The highest BCUT2D eigenvalue weighted by molar-refractivity contribution is 7.00. The molecule has 0 spiro atoms. The minimum atomic E-state index is -2.89. The number of halogens is 2. The summed E-state index contributed by atoms with van der Waals surface area (Å²) in [6.07, 6.45) is 1.48. The Bertz CT molecular complexity index is 1440. The van der Waals surface area contributed by atoms with Crippen LogP contribution in [0.5, 0.6) is 5.88 Å². The highest BCUT2D eigenvalue weighted by atomic mass is 35.5. The predicted octanol–water partition coefficient (Wildman–Crippen LogP) is 6.06. The highest BCUT2D eigenvalue weighted by Gasteiger charge is 2.52. The molecular formula is C27H24Cl2N4OSi. The molecule has 0 aliphatic carbocycles. The topological polar surface area (TPSA) is 52.8 Å². The molecule has 3 aromatic carbocycles. The first kappa shape index (κ1) is 23.5. The number of para-hydroxylation sites is 1. The summed E-state index contributed by atoms with van der Waals surface area (Å²) in [4.78, 5) is 8.33. The van der Waals surface area contributed by atoms with Gasteiger partial charge >= 0.3 is 8.32 Å². The van der Waals surface area contributed by atoms with Gasteiger partial charge in [-0.2, -0.15) is 4.98 Å². The molecule has 0 bridgehead atoms. The van der Waals surface area contributed by atoms with Crippen LogP contribution >= 0.6 is 23.2 Å². The second-order valence-electron chi connectivity index (χ2n) is 9.31. The Morgan fingerprint density at radius 1 is 0.800 bits per heavy atom. The second kappa shape index (κ2) is 9.11. The molecule has 0 saturated carbocycles. The molecule has 2 heterocycles. The van der Waals surface area contributed by atoms with E-state index in [4.69, 9.17) is 32.7 Å². The molecule has 0 atom stereocenters. The van der Waals surface area contributed by atoms with Crippen molar-refractivity contribution in [3.8, 4) is 11.7 Å². The van der Waals surface area contributed by atoms with Gasteiger partial charge in [-0.25, -0.2) is 9.67 Å². The maximum Gasteiger partial charge on any atom is 0.322 e. The summed E-state index contributed by atoms with van der Waals surface area (Å²) in [5.74, 6) is 0.931. The Morgan fingerprint density at radius 2 is 1.37 bits per heavy atom. The quantitative estimate of drug-likeness (QED) is 0.209. The van der Waals surface area contributed by atoms with E-state index in [0.29, 0.717) is 16.7 Å². The van der Waals surface area contributed by atoms with Crippen LogP contribution < -0.4 is 14.8 Å². The van der Waals surface area contributed by atoms with Gasteiger partial charge in [-0.1, -0.05) is 105 Å². The van der Waals surface area contributed by atoms with Crippen molar-refractivity contribution in [3.63, 3.8) is 0 Å². The fraction of sp³-hybridized carbons (Fsp3) is 0.148. The van der Waals surface area contributed by atoms with Gasteiger partial charge in [0.25, 0.3) is 0 Å². The van der Waals surface area contributed by atoms with E-state index in [9.17, 15) is 0 Å². The Labute approximate surface area is 215 Å². The van der Waals surface area contributed by atoms with Crippen LogP contribution in [0.1, 0.15) is 20.8 Å². The van der Waals surface area contributed by atoms with Crippen LogP contribution in [0.25, 0.3) is 16.7 Å². The van der Waals surface area contributed by atoms with Crippen LogP contribution in [0.4, 0.5) is 0 Å².